The molecule has 0 aliphatic heterocycles. The maximum absolute atomic E-state index is 12.5. The van der Waals surface area contributed by atoms with Crippen molar-refractivity contribution in [2.45, 2.75) is 32.9 Å². The number of carbonyl (C=O) groups is 1. The van der Waals surface area contributed by atoms with E-state index in [-0.39, 0.29) is 11.6 Å². The zero-order valence-corrected chi connectivity index (χ0v) is 11.2. The Kier molecular flexibility index (Phi) is 3.83. The molecule has 1 fully saturated rings. The molecular formula is C14H15F3N2O. The Bertz CT molecular complexity index is 560. The van der Waals surface area contributed by atoms with Crippen molar-refractivity contribution in [1.29, 1.82) is 0 Å². The summed E-state index contributed by atoms with van der Waals surface area (Å²) in [6.07, 6.45) is -1.34. The van der Waals surface area contributed by atoms with E-state index in [0.717, 1.165) is 30.7 Å². The molecule has 1 heterocycles. The molecule has 1 N–H and O–H groups in total. The number of halogens is 3. The Morgan fingerprint density at radius 3 is 2.55 bits per heavy atom. The van der Waals surface area contributed by atoms with Gasteiger partial charge in [-0.3, -0.25) is 9.78 Å². The van der Waals surface area contributed by atoms with Gasteiger partial charge in [0.05, 0.1) is 0 Å². The summed E-state index contributed by atoms with van der Waals surface area (Å²) in [5.41, 5.74) is 0.654. The number of nitrogens with zero attached hydrogens (tertiary/aromatic N) is 1. The van der Waals surface area contributed by atoms with Crippen molar-refractivity contribution in [2.24, 2.45) is 5.92 Å². The van der Waals surface area contributed by atoms with Gasteiger partial charge in [0.25, 0.3) is 5.91 Å². The average molecular weight is 284 g/mol. The number of nitrogens with one attached hydrogen (secondary N) is 1. The second-order valence-corrected chi connectivity index (χ2v) is 4.96. The van der Waals surface area contributed by atoms with Crippen molar-refractivity contribution >= 4 is 11.6 Å². The first-order valence-corrected chi connectivity index (χ1v) is 6.31. The lowest BCUT2D eigenvalue weighted by molar-refractivity contribution is -0.141. The normalized spacial score (nSPS) is 16.6. The lowest BCUT2D eigenvalue weighted by Crippen LogP contribution is -2.16. The summed E-state index contributed by atoms with van der Waals surface area (Å²) in [5.74, 6) is 0.0812. The van der Waals surface area contributed by atoms with Gasteiger partial charge in [0, 0.05) is 17.5 Å². The maximum atomic E-state index is 12.5. The number of allylic oxidation sites excluding steroid dienone is 1. The molecule has 6 heteroatoms. The molecule has 3 nitrogen and oxygen atoms in total. The van der Waals surface area contributed by atoms with E-state index in [1.54, 1.807) is 6.92 Å². The summed E-state index contributed by atoms with van der Waals surface area (Å²) >= 11 is 0. The van der Waals surface area contributed by atoms with Gasteiger partial charge in [-0.25, -0.2) is 0 Å². The molecule has 0 radical (unpaired) electrons. The van der Waals surface area contributed by atoms with Crippen molar-refractivity contribution in [2.75, 3.05) is 5.32 Å². The third-order valence-corrected chi connectivity index (χ3v) is 3.43. The second-order valence-electron chi connectivity index (χ2n) is 4.96. The topological polar surface area (TPSA) is 42.0 Å². The predicted molar refractivity (Wildman–Crippen MR) is 69.0 cm³/mol. The van der Waals surface area contributed by atoms with Crippen molar-refractivity contribution in [1.82, 2.24) is 4.98 Å². The average Bonchev–Trinajstić information content (AvgIpc) is 3.20. The molecule has 1 saturated carbocycles. The van der Waals surface area contributed by atoms with Gasteiger partial charge in [0.2, 0.25) is 0 Å². The van der Waals surface area contributed by atoms with Crippen LogP contribution in [0.15, 0.2) is 29.5 Å². The molecule has 0 atom stereocenters. The Labute approximate surface area is 114 Å². The molecule has 1 aliphatic rings. The lowest BCUT2D eigenvalue weighted by atomic mass is 10.1. The van der Waals surface area contributed by atoms with Crippen LogP contribution >= 0.6 is 0 Å². The number of amides is 1. The molecule has 0 saturated heterocycles. The Hall–Kier alpha value is -1.85. The molecule has 2 rings (SSSR count). The summed E-state index contributed by atoms with van der Waals surface area (Å²) in [6, 6.07) is 2.17. The van der Waals surface area contributed by atoms with Gasteiger partial charge in [0.1, 0.15) is 5.69 Å². The smallest absolute Gasteiger partial charge is 0.322 e. The number of aromatic nitrogens is 1. The molecular weight excluding hydrogens is 269 g/mol. The zero-order valence-electron chi connectivity index (χ0n) is 11.2. The molecule has 0 spiro atoms. The van der Waals surface area contributed by atoms with Crippen molar-refractivity contribution in [3.8, 4) is 0 Å². The van der Waals surface area contributed by atoms with Crippen LogP contribution in [0, 0.1) is 5.92 Å². The van der Waals surface area contributed by atoms with E-state index in [9.17, 15) is 18.0 Å². The SMILES string of the molecule is C/C(C(=O)Nc1ccnc(C(F)(F)F)c1)=C(\C)C1CC1. The van der Waals surface area contributed by atoms with Crippen molar-refractivity contribution in [3.05, 3.63) is 35.2 Å². The molecule has 0 aromatic carbocycles. The van der Waals surface area contributed by atoms with Crippen LogP contribution in [0.3, 0.4) is 0 Å². The largest absolute Gasteiger partial charge is 0.433 e. The van der Waals surface area contributed by atoms with E-state index in [0.29, 0.717) is 11.5 Å². The molecule has 0 bridgehead atoms. The molecule has 108 valence electrons. The minimum absolute atomic E-state index is 0.0975. The third kappa shape index (κ3) is 3.37. The van der Waals surface area contributed by atoms with Crippen LogP contribution in [-0.2, 0) is 11.0 Å². The van der Waals surface area contributed by atoms with Crippen LogP contribution in [-0.4, -0.2) is 10.9 Å². The third-order valence-electron chi connectivity index (χ3n) is 3.43. The summed E-state index contributed by atoms with van der Waals surface area (Å²) in [4.78, 5) is 15.2. The number of carbonyl (C=O) groups excluding carboxylic acids is 1. The first-order chi connectivity index (χ1) is 9.29. The van der Waals surface area contributed by atoms with E-state index >= 15 is 0 Å². The highest BCUT2D eigenvalue weighted by Gasteiger charge is 2.32. The first-order valence-electron chi connectivity index (χ1n) is 6.31. The minimum Gasteiger partial charge on any atom is -0.322 e. The van der Waals surface area contributed by atoms with E-state index < -0.39 is 11.9 Å². The summed E-state index contributed by atoms with van der Waals surface area (Å²) < 4.78 is 37.6. The number of hydrogen-bond acceptors (Lipinski definition) is 2. The van der Waals surface area contributed by atoms with Crippen LogP contribution in [0.4, 0.5) is 18.9 Å². The van der Waals surface area contributed by atoms with E-state index in [4.69, 9.17) is 0 Å². The van der Waals surface area contributed by atoms with Crippen molar-refractivity contribution in [3.63, 3.8) is 0 Å². The number of anilines is 1. The van der Waals surface area contributed by atoms with Crippen LogP contribution in [0.5, 0.6) is 0 Å². The van der Waals surface area contributed by atoms with Gasteiger partial charge in [-0.2, -0.15) is 13.2 Å². The van der Waals surface area contributed by atoms with Gasteiger partial charge in [-0.05, 0) is 44.7 Å². The van der Waals surface area contributed by atoms with Crippen LogP contribution in [0.25, 0.3) is 0 Å². The monoisotopic (exact) mass is 284 g/mol. The number of hydrogen-bond donors (Lipinski definition) is 1. The Morgan fingerprint density at radius 1 is 1.35 bits per heavy atom. The fraction of sp³-hybridized carbons (Fsp3) is 0.429. The molecule has 20 heavy (non-hydrogen) atoms. The molecule has 0 unspecified atom stereocenters. The Morgan fingerprint density at radius 2 is 2.00 bits per heavy atom. The summed E-state index contributed by atoms with van der Waals surface area (Å²) in [7, 11) is 0. The highest BCUT2D eigenvalue weighted by atomic mass is 19.4. The minimum atomic E-state index is -4.52. The zero-order chi connectivity index (χ0) is 14.9. The van der Waals surface area contributed by atoms with Gasteiger partial charge in [0.15, 0.2) is 0 Å². The van der Waals surface area contributed by atoms with E-state index in [2.05, 4.69) is 10.3 Å². The number of pyridine rings is 1. The van der Waals surface area contributed by atoms with E-state index in [1.807, 2.05) is 6.92 Å². The quantitative estimate of drug-likeness (QED) is 0.858. The van der Waals surface area contributed by atoms with Gasteiger partial charge < -0.3 is 5.32 Å². The highest BCUT2D eigenvalue weighted by Crippen LogP contribution is 2.37. The van der Waals surface area contributed by atoms with Gasteiger partial charge in [-0.15, -0.1) is 0 Å². The van der Waals surface area contributed by atoms with Crippen LogP contribution in [0.1, 0.15) is 32.4 Å². The summed E-state index contributed by atoms with van der Waals surface area (Å²) in [5, 5.41) is 2.48. The fourth-order valence-corrected chi connectivity index (χ4v) is 1.89. The highest BCUT2D eigenvalue weighted by molar-refractivity contribution is 6.03. The molecule has 1 aliphatic carbocycles. The lowest BCUT2D eigenvalue weighted by Gasteiger charge is -2.10. The second kappa shape index (κ2) is 5.26. The van der Waals surface area contributed by atoms with Crippen LogP contribution < -0.4 is 5.32 Å². The number of alkyl halides is 3. The summed E-state index contributed by atoms with van der Waals surface area (Å²) in [6.45, 7) is 3.58. The van der Waals surface area contributed by atoms with Gasteiger partial charge in [-0.1, -0.05) is 5.57 Å². The van der Waals surface area contributed by atoms with Crippen molar-refractivity contribution < 1.29 is 18.0 Å². The van der Waals surface area contributed by atoms with E-state index in [1.165, 1.54) is 6.07 Å². The Balaban J connectivity index is 2.14. The predicted octanol–water partition coefficient (Wildman–Crippen LogP) is 3.79. The molecule has 1 amide bonds. The molecule has 1 aromatic heterocycles. The fourth-order valence-electron chi connectivity index (χ4n) is 1.89. The maximum Gasteiger partial charge on any atom is 0.433 e. The standard InChI is InChI=1S/C14H15F3N2O/c1-8(10-3-4-10)9(2)13(20)19-11-5-6-18-12(7-11)14(15,16)17/h5-7,10H,3-4H2,1-2H3,(H,18,19,20)/b9-8-. The number of rotatable bonds is 3. The molecule has 1 aromatic rings. The van der Waals surface area contributed by atoms with Crippen LogP contribution in [0.2, 0.25) is 0 Å². The first kappa shape index (κ1) is 14.6. The van der Waals surface area contributed by atoms with Gasteiger partial charge >= 0.3 is 6.18 Å².